The molecule has 1 aliphatic heterocycles. The first-order valence-corrected chi connectivity index (χ1v) is 10.3. The Morgan fingerprint density at radius 1 is 1.14 bits per heavy atom. The van der Waals surface area contributed by atoms with E-state index in [1.54, 1.807) is 36.4 Å². The fraction of sp³-hybridized carbons (Fsp3) is 0.350. The van der Waals surface area contributed by atoms with Crippen molar-refractivity contribution in [2.75, 3.05) is 33.4 Å². The van der Waals surface area contributed by atoms with Gasteiger partial charge in [0.2, 0.25) is 10.0 Å². The average molecular weight is 405 g/mol. The summed E-state index contributed by atoms with van der Waals surface area (Å²) in [5.74, 6) is 0.104. The van der Waals surface area contributed by atoms with Crippen LogP contribution in [0.1, 0.15) is 21.5 Å². The summed E-state index contributed by atoms with van der Waals surface area (Å²) in [5, 5.41) is 0. The molecule has 0 spiro atoms. The van der Waals surface area contributed by atoms with Crippen molar-refractivity contribution in [1.82, 2.24) is 4.31 Å². The Labute approximate surface area is 164 Å². The third-order valence-corrected chi connectivity index (χ3v) is 6.41. The number of carbonyl (C=O) groups excluding carboxylic acids is 1. The zero-order chi connectivity index (χ0) is 20.1. The van der Waals surface area contributed by atoms with E-state index < -0.39 is 16.0 Å². The Kier molecular flexibility index (Phi) is 6.33. The van der Waals surface area contributed by atoms with Crippen LogP contribution in [0.25, 0.3) is 0 Å². The van der Waals surface area contributed by atoms with Crippen LogP contribution in [0.5, 0.6) is 5.75 Å². The second-order valence-electron chi connectivity index (χ2n) is 6.42. The van der Waals surface area contributed by atoms with E-state index in [0.717, 1.165) is 5.56 Å². The van der Waals surface area contributed by atoms with E-state index in [4.69, 9.17) is 14.2 Å². The first-order chi connectivity index (χ1) is 13.4. The second kappa shape index (κ2) is 8.72. The third kappa shape index (κ3) is 4.52. The van der Waals surface area contributed by atoms with E-state index in [9.17, 15) is 13.2 Å². The minimum Gasteiger partial charge on any atom is -0.496 e. The summed E-state index contributed by atoms with van der Waals surface area (Å²) in [6.07, 6.45) is 0. The molecule has 1 aliphatic rings. The van der Waals surface area contributed by atoms with Crippen LogP contribution in [-0.2, 0) is 26.1 Å². The SMILES string of the molecule is COc1cc(C(=O)OCc2cccc(S(=O)(=O)N3CCOCC3)c2)ccc1C. The standard InChI is InChI=1S/C20H23NO6S/c1-15-6-7-17(13-19(15)25-2)20(22)27-14-16-4-3-5-18(12-16)28(23,24)21-8-10-26-11-9-21/h3-7,12-13H,8-11,14H2,1-2H3. The number of ether oxygens (including phenoxy) is 3. The lowest BCUT2D eigenvalue weighted by molar-refractivity contribution is 0.0472. The number of morpholine rings is 1. The summed E-state index contributed by atoms with van der Waals surface area (Å²) in [6, 6.07) is 11.5. The van der Waals surface area contributed by atoms with Gasteiger partial charge in [-0.2, -0.15) is 4.31 Å². The topological polar surface area (TPSA) is 82.1 Å². The molecule has 1 fully saturated rings. The van der Waals surface area contributed by atoms with Gasteiger partial charge in [0.1, 0.15) is 12.4 Å². The Morgan fingerprint density at radius 2 is 1.89 bits per heavy atom. The van der Waals surface area contributed by atoms with E-state index in [1.807, 2.05) is 6.92 Å². The van der Waals surface area contributed by atoms with Gasteiger partial charge in [0.25, 0.3) is 0 Å². The monoisotopic (exact) mass is 405 g/mol. The molecule has 150 valence electrons. The van der Waals surface area contributed by atoms with Crippen LogP contribution in [-0.4, -0.2) is 52.1 Å². The number of esters is 1. The van der Waals surface area contributed by atoms with Crippen molar-refractivity contribution in [3.8, 4) is 5.75 Å². The lowest BCUT2D eigenvalue weighted by atomic mass is 10.1. The number of sulfonamides is 1. The van der Waals surface area contributed by atoms with Gasteiger partial charge in [-0.15, -0.1) is 0 Å². The fourth-order valence-electron chi connectivity index (χ4n) is 2.91. The largest absolute Gasteiger partial charge is 0.496 e. The molecule has 2 aromatic rings. The quantitative estimate of drug-likeness (QED) is 0.687. The predicted octanol–water partition coefficient (Wildman–Crippen LogP) is 2.38. The summed E-state index contributed by atoms with van der Waals surface area (Å²) < 4.78 is 42.7. The van der Waals surface area contributed by atoms with Crippen molar-refractivity contribution < 1.29 is 27.4 Å². The van der Waals surface area contributed by atoms with Crippen LogP contribution < -0.4 is 4.74 Å². The smallest absolute Gasteiger partial charge is 0.338 e. The summed E-state index contributed by atoms with van der Waals surface area (Å²) in [5.41, 5.74) is 1.89. The van der Waals surface area contributed by atoms with Crippen LogP contribution >= 0.6 is 0 Å². The number of methoxy groups -OCH3 is 1. The van der Waals surface area contributed by atoms with Crippen LogP contribution in [0.15, 0.2) is 47.4 Å². The van der Waals surface area contributed by atoms with Crippen LogP contribution in [0.3, 0.4) is 0 Å². The number of carbonyl (C=O) groups is 1. The maximum Gasteiger partial charge on any atom is 0.338 e. The van der Waals surface area contributed by atoms with Gasteiger partial charge in [-0.05, 0) is 42.3 Å². The molecule has 0 atom stereocenters. The van der Waals surface area contributed by atoms with E-state index >= 15 is 0 Å². The highest BCUT2D eigenvalue weighted by Gasteiger charge is 2.26. The molecule has 28 heavy (non-hydrogen) atoms. The van der Waals surface area contributed by atoms with Gasteiger partial charge in [0, 0.05) is 13.1 Å². The lowest BCUT2D eigenvalue weighted by Crippen LogP contribution is -2.40. The Bertz CT molecular complexity index is 951. The first-order valence-electron chi connectivity index (χ1n) is 8.90. The number of hydrogen-bond acceptors (Lipinski definition) is 6. The van der Waals surface area contributed by atoms with Crippen molar-refractivity contribution in [3.05, 3.63) is 59.2 Å². The highest BCUT2D eigenvalue weighted by atomic mass is 32.2. The highest BCUT2D eigenvalue weighted by molar-refractivity contribution is 7.89. The second-order valence-corrected chi connectivity index (χ2v) is 8.36. The maximum atomic E-state index is 12.8. The molecule has 0 N–H and O–H groups in total. The Morgan fingerprint density at radius 3 is 2.61 bits per heavy atom. The summed E-state index contributed by atoms with van der Waals surface area (Å²) in [6.45, 7) is 3.29. The molecule has 1 heterocycles. The van der Waals surface area contributed by atoms with Crippen molar-refractivity contribution in [2.45, 2.75) is 18.4 Å². The number of aryl methyl sites for hydroxylation is 1. The van der Waals surface area contributed by atoms with E-state index in [1.165, 1.54) is 17.5 Å². The maximum absolute atomic E-state index is 12.8. The molecule has 8 heteroatoms. The normalized spacial score (nSPS) is 15.2. The van der Waals surface area contributed by atoms with Gasteiger partial charge < -0.3 is 14.2 Å². The summed E-state index contributed by atoms with van der Waals surface area (Å²) in [7, 11) is -2.05. The first kappa shape index (κ1) is 20.3. The van der Waals surface area contributed by atoms with E-state index in [0.29, 0.717) is 43.2 Å². The molecule has 0 radical (unpaired) electrons. The number of benzene rings is 2. The highest BCUT2D eigenvalue weighted by Crippen LogP contribution is 2.21. The summed E-state index contributed by atoms with van der Waals surface area (Å²) in [4.78, 5) is 12.5. The van der Waals surface area contributed by atoms with Gasteiger partial charge >= 0.3 is 5.97 Å². The lowest BCUT2D eigenvalue weighted by Gasteiger charge is -2.26. The molecular formula is C20H23NO6S. The van der Waals surface area contributed by atoms with Crippen molar-refractivity contribution in [1.29, 1.82) is 0 Å². The fourth-order valence-corrected chi connectivity index (χ4v) is 4.39. The zero-order valence-corrected chi connectivity index (χ0v) is 16.7. The van der Waals surface area contributed by atoms with Crippen LogP contribution in [0.2, 0.25) is 0 Å². The molecule has 2 aromatic carbocycles. The van der Waals surface area contributed by atoms with Gasteiger partial charge in [-0.25, -0.2) is 13.2 Å². The van der Waals surface area contributed by atoms with Gasteiger partial charge in [0.15, 0.2) is 0 Å². The average Bonchev–Trinajstić information content (AvgIpc) is 2.73. The van der Waals surface area contributed by atoms with E-state index in [2.05, 4.69) is 0 Å². The van der Waals surface area contributed by atoms with Crippen LogP contribution in [0.4, 0.5) is 0 Å². The molecule has 0 unspecified atom stereocenters. The molecule has 3 rings (SSSR count). The Hall–Kier alpha value is -2.42. The molecule has 1 saturated heterocycles. The van der Waals surface area contributed by atoms with Gasteiger partial charge in [-0.1, -0.05) is 18.2 Å². The zero-order valence-electron chi connectivity index (χ0n) is 15.9. The van der Waals surface area contributed by atoms with Crippen LogP contribution in [0, 0.1) is 6.92 Å². The molecule has 0 bridgehead atoms. The summed E-state index contributed by atoms with van der Waals surface area (Å²) >= 11 is 0. The van der Waals surface area contributed by atoms with Gasteiger partial charge in [0.05, 0.1) is 30.8 Å². The minimum atomic E-state index is -3.59. The minimum absolute atomic E-state index is 0.0263. The van der Waals surface area contributed by atoms with Crippen molar-refractivity contribution in [3.63, 3.8) is 0 Å². The molecule has 0 amide bonds. The van der Waals surface area contributed by atoms with E-state index in [-0.39, 0.29) is 11.5 Å². The number of nitrogens with zero attached hydrogens (tertiary/aromatic N) is 1. The molecular weight excluding hydrogens is 382 g/mol. The predicted molar refractivity (Wildman–Crippen MR) is 103 cm³/mol. The molecule has 0 saturated carbocycles. The van der Waals surface area contributed by atoms with Gasteiger partial charge in [-0.3, -0.25) is 0 Å². The molecule has 0 aromatic heterocycles. The Balaban J connectivity index is 1.70. The van der Waals surface area contributed by atoms with Crippen molar-refractivity contribution >= 4 is 16.0 Å². The number of hydrogen-bond donors (Lipinski definition) is 0. The molecule has 7 nitrogen and oxygen atoms in total. The molecule has 0 aliphatic carbocycles. The number of rotatable bonds is 6. The third-order valence-electron chi connectivity index (χ3n) is 4.52. The van der Waals surface area contributed by atoms with Crippen molar-refractivity contribution in [2.24, 2.45) is 0 Å².